The van der Waals surface area contributed by atoms with E-state index in [1.54, 1.807) is 43.4 Å². The standard InChI is InChI=1S/C31H30N2O4/c1-33(28-18-10-8-16-26(28)30(34)32-21-20-24-12-4-2-5-13-24)31(35)27-17-9-11-19-29(27)37-23-22-36-25-14-6-3-7-15-25/h2-19H,20-23H2,1H3,(H,32,34). The van der Waals surface area contributed by atoms with E-state index in [-0.39, 0.29) is 18.4 Å². The molecule has 0 radical (unpaired) electrons. The van der Waals surface area contributed by atoms with E-state index in [0.29, 0.717) is 35.7 Å². The third-order valence-electron chi connectivity index (χ3n) is 5.83. The Balaban J connectivity index is 1.40. The molecule has 0 aliphatic heterocycles. The van der Waals surface area contributed by atoms with Crippen molar-refractivity contribution in [3.63, 3.8) is 0 Å². The molecular formula is C31H30N2O4. The highest BCUT2D eigenvalue weighted by atomic mass is 16.5. The van der Waals surface area contributed by atoms with Gasteiger partial charge in [-0.05, 0) is 48.4 Å². The number of para-hydroxylation sites is 3. The highest BCUT2D eigenvalue weighted by molar-refractivity contribution is 6.11. The molecule has 6 nitrogen and oxygen atoms in total. The number of hydrogen-bond donors (Lipinski definition) is 1. The molecule has 37 heavy (non-hydrogen) atoms. The molecular weight excluding hydrogens is 464 g/mol. The van der Waals surface area contributed by atoms with Gasteiger partial charge in [0.25, 0.3) is 11.8 Å². The van der Waals surface area contributed by atoms with Gasteiger partial charge in [-0.1, -0.05) is 72.8 Å². The molecule has 4 aromatic rings. The van der Waals surface area contributed by atoms with Crippen LogP contribution >= 0.6 is 0 Å². The minimum atomic E-state index is -0.274. The Bertz CT molecular complexity index is 1310. The first-order valence-electron chi connectivity index (χ1n) is 12.2. The van der Waals surface area contributed by atoms with E-state index in [1.807, 2.05) is 72.8 Å². The Morgan fingerprint density at radius 3 is 2.05 bits per heavy atom. The monoisotopic (exact) mass is 494 g/mol. The number of nitrogens with zero attached hydrogens (tertiary/aromatic N) is 1. The van der Waals surface area contributed by atoms with Crippen molar-refractivity contribution in [3.05, 3.63) is 126 Å². The van der Waals surface area contributed by atoms with E-state index in [9.17, 15) is 9.59 Å². The number of anilines is 1. The zero-order valence-electron chi connectivity index (χ0n) is 20.8. The van der Waals surface area contributed by atoms with Gasteiger partial charge in [-0.3, -0.25) is 9.59 Å². The average molecular weight is 495 g/mol. The van der Waals surface area contributed by atoms with Crippen molar-refractivity contribution in [2.24, 2.45) is 0 Å². The lowest BCUT2D eigenvalue weighted by Gasteiger charge is -2.22. The molecule has 0 saturated carbocycles. The molecule has 0 unspecified atom stereocenters. The minimum absolute atomic E-state index is 0.228. The Morgan fingerprint density at radius 2 is 1.30 bits per heavy atom. The Labute approximate surface area is 217 Å². The predicted octanol–water partition coefficient (Wildman–Crippen LogP) is 5.39. The Kier molecular flexibility index (Phi) is 8.92. The van der Waals surface area contributed by atoms with Gasteiger partial charge in [0.15, 0.2) is 0 Å². The lowest BCUT2D eigenvalue weighted by molar-refractivity contribution is 0.0954. The van der Waals surface area contributed by atoms with E-state index in [0.717, 1.165) is 17.7 Å². The zero-order chi connectivity index (χ0) is 25.9. The molecule has 2 amide bonds. The van der Waals surface area contributed by atoms with Crippen LogP contribution in [0.4, 0.5) is 5.69 Å². The van der Waals surface area contributed by atoms with Crippen LogP contribution in [0.15, 0.2) is 109 Å². The highest BCUT2D eigenvalue weighted by Gasteiger charge is 2.22. The lowest BCUT2D eigenvalue weighted by Crippen LogP contribution is -2.31. The van der Waals surface area contributed by atoms with Crippen LogP contribution in [-0.2, 0) is 6.42 Å². The molecule has 0 bridgehead atoms. The quantitative estimate of drug-likeness (QED) is 0.284. The van der Waals surface area contributed by atoms with Crippen LogP contribution in [-0.4, -0.2) is 38.6 Å². The smallest absolute Gasteiger partial charge is 0.261 e. The van der Waals surface area contributed by atoms with Crippen LogP contribution in [0.1, 0.15) is 26.3 Å². The summed E-state index contributed by atoms with van der Waals surface area (Å²) in [6, 6.07) is 33.6. The highest BCUT2D eigenvalue weighted by Crippen LogP contribution is 2.25. The molecule has 188 valence electrons. The second kappa shape index (κ2) is 12.9. The van der Waals surface area contributed by atoms with Crippen LogP contribution < -0.4 is 19.7 Å². The van der Waals surface area contributed by atoms with E-state index >= 15 is 0 Å². The fraction of sp³-hybridized carbons (Fsp3) is 0.161. The van der Waals surface area contributed by atoms with Crippen molar-refractivity contribution < 1.29 is 19.1 Å². The number of ether oxygens (including phenoxy) is 2. The first-order chi connectivity index (χ1) is 18.1. The first kappa shape index (κ1) is 25.5. The zero-order valence-corrected chi connectivity index (χ0v) is 20.8. The van der Waals surface area contributed by atoms with E-state index in [4.69, 9.17) is 9.47 Å². The molecule has 4 aromatic carbocycles. The van der Waals surface area contributed by atoms with E-state index in [2.05, 4.69) is 5.32 Å². The van der Waals surface area contributed by atoms with Crippen molar-refractivity contribution in [1.29, 1.82) is 0 Å². The second-order valence-electron chi connectivity index (χ2n) is 8.38. The number of benzene rings is 4. The van der Waals surface area contributed by atoms with E-state index in [1.165, 1.54) is 4.90 Å². The molecule has 0 atom stereocenters. The molecule has 0 aliphatic rings. The van der Waals surface area contributed by atoms with Crippen molar-refractivity contribution in [2.45, 2.75) is 6.42 Å². The predicted molar refractivity (Wildman–Crippen MR) is 146 cm³/mol. The molecule has 6 heteroatoms. The van der Waals surface area contributed by atoms with Gasteiger partial charge in [0.05, 0.1) is 16.8 Å². The maximum atomic E-state index is 13.5. The SMILES string of the molecule is CN(C(=O)c1ccccc1OCCOc1ccccc1)c1ccccc1C(=O)NCCc1ccccc1. The van der Waals surface area contributed by atoms with Gasteiger partial charge >= 0.3 is 0 Å². The average Bonchev–Trinajstić information content (AvgIpc) is 2.96. The van der Waals surface area contributed by atoms with Crippen molar-refractivity contribution in [2.75, 3.05) is 31.7 Å². The van der Waals surface area contributed by atoms with Crippen molar-refractivity contribution in [3.8, 4) is 11.5 Å². The van der Waals surface area contributed by atoms with Gasteiger partial charge < -0.3 is 19.7 Å². The van der Waals surface area contributed by atoms with Crippen LogP contribution in [0.25, 0.3) is 0 Å². The van der Waals surface area contributed by atoms with Gasteiger partial charge in [0.1, 0.15) is 24.7 Å². The molecule has 0 aromatic heterocycles. The van der Waals surface area contributed by atoms with Crippen LogP contribution in [0.3, 0.4) is 0 Å². The summed E-state index contributed by atoms with van der Waals surface area (Å²) in [6.07, 6.45) is 0.724. The van der Waals surface area contributed by atoms with Crippen molar-refractivity contribution in [1.82, 2.24) is 5.32 Å². The summed E-state index contributed by atoms with van der Waals surface area (Å²) >= 11 is 0. The van der Waals surface area contributed by atoms with Crippen LogP contribution in [0, 0.1) is 0 Å². The summed E-state index contributed by atoms with van der Waals surface area (Å²) in [4.78, 5) is 27.9. The first-order valence-corrected chi connectivity index (χ1v) is 12.2. The fourth-order valence-corrected chi connectivity index (χ4v) is 3.91. The summed E-state index contributed by atoms with van der Waals surface area (Å²) in [5.41, 5.74) is 2.51. The van der Waals surface area contributed by atoms with Crippen LogP contribution in [0.5, 0.6) is 11.5 Å². The topological polar surface area (TPSA) is 67.9 Å². The third kappa shape index (κ3) is 6.98. The molecule has 4 rings (SSSR count). The maximum absolute atomic E-state index is 13.5. The lowest BCUT2D eigenvalue weighted by atomic mass is 10.1. The number of carbonyl (C=O) groups excluding carboxylic acids is 2. The Morgan fingerprint density at radius 1 is 0.703 bits per heavy atom. The molecule has 0 spiro atoms. The van der Waals surface area contributed by atoms with Gasteiger partial charge in [0.2, 0.25) is 0 Å². The minimum Gasteiger partial charge on any atom is -0.490 e. The largest absolute Gasteiger partial charge is 0.490 e. The van der Waals surface area contributed by atoms with Crippen molar-refractivity contribution >= 4 is 17.5 Å². The molecule has 0 fully saturated rings. The van der Waals surface area contributed by atoms with Gasteiger partial charge in [-0.2, -0.15) is 0 Å². The summed E-state index contributed by atoms with van der Waals surface area (Å²) in [7, 11) is 1.66. The molecule has 1 N–H and O–H groups in total. The maximum Gasteiger partial charge on any atom is 0.261 e. The second-order valence-corrected chi connectivity index (χ2v) is 8.38. The third-order valence-corrected chi connectivity index (χ3v) is 5.83. The van der Waals surface area contributed by atoms with Gasteiger partial charge in [-0.15, -0.1) is 0 Å². The number of rotatable bonds is 11. The number of nitrogens with one attached hydrogen (secondary N) is 1. The normalized spacial score (nSPS) is 10.4. The summed E-state index contributed by atoms with van der Waals surface area (Å²) < 4.78 is 11.6. The summed E-state index contributed by atoms with van der Waals surface area (Å²) in [6.45, 7) is 1.12. The van der Waals surface area contributed by atoms with Gasteiger partial charge in [0, 0.05) is 13.6 Å². The van der Waals surface area contributed by atoms with E-state index < -0.39 is 0 Å². The Hall–Kier alpha value is -4.58. The summed E-state index contributed by atoms with van der Waals surface area (Å²) in [5.74, 6) is 0.715. The fourth-order valence-electron chi connectivity index (χ4n) is 3.91. The molecule has 0 aliphatic carbocycles. The number of hydrogen-bond acceptors (Lipinski definition) is 4. The molecule has 0 heterocycles. The number of carbonyl (C=O) groups is 2. The van der Waals surface area contributed by atoms with Gasteiger partial charge in [-0.25, -0.2) is 0 Å². The van der Waals surface area contributed by atoms with Crippen LogP contribution in [0.2, 0.25) is 0 Å². The number of amides is 2. The summed E-state index contributed by atoms with van der Waals surface area (Å²) in [5, 5.41) is 2.97. The molecule has 0 saturated heterocycles.